The summed E-state index contributed by atoms with van der Waals surface area (Å²) in [6.45, 7) is 0. The van der Waals surface area contributed by atoms with E-state index in [4.69, 9.17) is 0 Å². The van der Waals surface area contributed by atoms with Gasteiger partial charge in [0.1, 0.15) is 0 Å². The first-order valence-corrected chi connectivity index (χ1v) is 17.4. The van der Waals surface area contributed by atoms with E-state index in [0.29, 0.717) is 5.66 Å². The standard InChI is InChI=1S/C39H36P2.Fe/c1-5-21-33(22-6-1)40(34-23-7-2-8-24-34)38(30-16-15-20-32-18-13-14-19-32)37-29-17-31-39(37)41(35-25-9-3-10-26-35)36-27-11-4-12-28-36;/h1-14,17-19,21-29,31,38H,15-16,20,30H2;/q;+2/t38-;/m1./s1. The second kappa shape index (κ2) is 16.4. The Kier molecular flexibility index (Phi) is 12.3. The summed E-state index contributed by atoms with van der Waals surface area (Å²) in [5, 5.41) is 5.76. The van der Waals surface area contributed by atoms with Crippen LogP contribution in [0.15, 0.2) is 121 Å². The third kappa shape index (κ3) is 7.85. The summed E-state index contributed by atoms with van der Waals surface area (Å²) in [5.74, 6) is 3.00. The van der Waals surface area contributed by atoms with E-state index in [1.165, 1.54) is 58.0 Å². The zero-order valence-corrected chi connectivity index (χ0v) is 26.6. The minimum atomic E-state index is -0.663. The fraction of sp³-hybridized carbons (Fsp3) is 0.128. The summed E-state index contributed by atoms with van der Waals surface area (Å²) in [6, 6.07) is 44.9. The van der Waals surface area contributed by atoms with Crippen LogP contribution in [0.1, 0.15) is 25.7 Å². The third-order valence-corrected chi connectivity index (χ3v) is 13.1. The summed E-state index contributed by atoms with van der Waals surface area (Å²) >= 11 is 0. The molecule has 2 saturated carbocycles. The molecule has 0 unspecified atom stereocenters. The molecule has 6 rings (SSSR count). The summed E-state index contributed by atoms with van der Waals surface area (Å²) in [6.07, 6.45) is 20.8. The van der Waals surface area contributed by atoms with Crippen molar-refractivity contribution in [1.29, 1.82) is 0 Å². The molecular weight excluding hydrogens is 586 g/mol. The molecule has 2 aliphatic carbocycles. The van der Waals surface area contributed by atoms with Crippen LogP contribution in [-0.2, 0) is 17.1 Å². The fourth-order valence-electron chi connectivity index (χ4n) is 5.85. The molecule has 0 heterocycles. The van der Waals surface area contributed by atoms with Crippen LogP contribution in [0.4, 0.5) is 0 Å². The van der Waals surface area contributed by atoms with Gasteiger partial charge in [0.05, 0.1) is 0 Å². The van der Waals surface area contributed by atoms with Gasteiger partial charge in [0.15, 0.2) is 0 Å². The van der Waals surface area contributed by atoms with Crippen molar-refractivity contribution >= 4 is 37.1 Å². The van der Waals surface area contributed by atoms with Gasteiger partial charge in [0.2, 0.25) is 0 Å². The van der Waals surface area contributed by atoms with E-state index in [1.54, 1.807) is 0 Å². The Hall–Kier alpha value is -1.74. The van der Waals surface area contributed by atoms with Crippen molar-refractivity contribution in [3.8, 4) is 0 Å². The molecule has 0 saturated heterocycles. The second-order valence-electron chi connectivity index (χ2n) is 10.5. The van der Waals surface area contributed by atoms with Crippen LogP contribution in [0.2, 0.25) is 0 Å². The van der Waals surface area contributed by atoms with Crippen molar-refractivity contribution in [3.05, 3.63) is 184 Å². The number of benzene rings is 4. The Balaban J connectivity index is 0.00000353. The van der Waals surface area contributed by atoms with E-state index < -0.39 is 15.8 Å². The van der Waals surface area contributed by atoms with E-state index in [2.05, 4.69) is 166 Å². The van der Waals surface area contributed by atoms with Crippen LogP contribution >= 0.6 is 15.8 Å². The minimum Gasteiger partial charge on any atom is -0.0622 e. The monoisotopic (exact) mass is 622 g/mol. The van der Waals surface area contributed by atoms with Gasteiger partial charge in [-0.25, -0.2) is 0 Å². The molecule has 4 aromatic rings. The van der Waals surface area contributed by atoms with Gasteiger partial charge in [-0.1, -0.05) is 134 Å². The Morgan fingerprint density at radius 2 is 0.952 bits per heavy atom. The number of rotatable bonds is 12. The van der Waals surface area contributed by atoms with Crippen molar-refractivity contribution < 1.29 is 17.1 Å². The largest absolute Gasteiger partial charge is 2.00 e. The molecule has 42 heavy (non-hydrogen) atoms. The molecule has 0 N–H and O–H groups in total. The predicted octanol–water partition coefficient (Wildman–Crippen LogP) is 8.32. The van der Waals surface area contributed by atoms with E-state index in [-0.39, 0.29) is 17.1 Å². The molecule has 208 valence electrons. The molecule has 4 aromatic carbocycles. The van der Waals surface area contributed by atoms with E-state index >= 15 is 0 Å². The fourth-order valence-corrected chi connectivity index (χ4v) is 11.4. The average molecular weight is 623 g/mol. The molecule has 2 fully saturated rings. The van der Waals surface area contributed by atoms with E-state index in [9.17, 15) is 0 Å². The molecule has 1 atom stereocenters. The molecule has 0 aliphatic heterocycles. The summed E-state index contributed by atoms with van der Waals surface area (Å²) in [5.41, 5.74) is 1.95. The number of unbranched alkanes of at least 4 members (excludes halogenated alkanes) is 1. The smallest absolute Gasteiger partial charge is 0.0622 e. The van der Waals surface area contributed by atoms with Gasteiger partial charge in [-0.05, 0) is 112 Å². The number of hydrogen-bond acceptors (Lipinski definition) is 0. The van der Waals surface area contributed by atoms with Gasteiger partial charge >= 0.3 is 17.1 Å². The van der Waals surface area contributed by atoms with E-state index in [0.717, 1.165) is 6.42 Å². The zero-order valence-electron chi connectivity index (χ0n) is 23.7. The SMILES string of the molecule is [CH]1[CH][CH][C](CCCC[C@H]([C]2[CH][CH][CH][C]2P(c2ccccc2)c2ccccc2)P(c2ccccc2)c2ccccc2)[CH]1.[Fe+2]. The Labute approximate surface area is 268 Å². The summed E-state index contributed by atoms with van der Waals surface area (Å²) < 4.78 is 0. The van der Waals surface area contributed by atoms with Gasteiger partial charge in [-0.3, -0.25) is 0 Å². The maximum atomic E-state index is 2.44. The average Bonchev–Trinajstić information content (AvgIpc) is 3.74. The molecule has 10 radical (unpaired) electrons. The van der Waals surface area contributed by atoms with Gasteiger partial charge < -0.3 is 0 Å². The minimum absolute atomic E-state index is 0. The first-order valence-electron chi connectivity index (χ1n) is 14.6. The molecule has 0 amide bonds. The van der Waals surface area contributed by atoms with Crippen LogP contribution < -0.4 is 21.2 Å². The van der Waals surface area contributed by atoms with Crippen LogP contribution in [0, 0.1) is 62.4 Å². The third-order valence-electron chi connectivity index (χ3n) is 7.76. The van der Waals surface area contributed by atoms with Crippen molar-refractivity contribution in [3.63, 3.8) is 0 Å². The van der Waals surface area contributed by atoms with Crippen molar-refractivity contribution in [2.75, 3.05) is 0 Å². The number of hydrogen-bond donors (Lipinski definition) is 0. The van der Waals surface area contributed by atoms with E-state index in [1.807, 2.05) is 0 Å². The van der Waals surface area contributed by atoms with Crippen LogP contribution in [0.5, 0.6) is 0 Å². The second-order valence-corrected chi connectivity index (χ2v) is 15.1. The molecule has 0 spiro atoms. The predicted molar refractivity (Wildman–Crippen MR) is 180 cm³/mol. The van der Waals surface area contributed by atoms with Gasteiger partial charge in [0, 0.05) is 5.66 Å². The van der Waals surface area contributed by atoms with Crippen LogP contribution in [-0.4, -0.2) is 5.66 Å². The van der Waals surface area contributed by atoms with Crippen LogP contribution in [0.25, 0.3) is 0 Å². The first kappa shape index (κ1) is 31.7. The molecule has 0 aromatic heterocycles. The van der Waals surface area contributed by atoms with Gasteiger partial charge in [-0.15, -0.1) is 0 Å². The zero-order chi connectivity index (χ0) is 27.7. The maximum Gasteiger partial charge on any atom is 2.00 e. The Morgan fingerprint density at radius 1 is 0.476 bits per heavy atom. The topological polar surface area (TPSA) is 0 Å². The van der Waals surface area contributed by atoms with Crippen molar-refractivity contribution in [2.45, 2.75) is 31.3 Å². The Bertz CT molecular complexity index is 1210. The van der Waals surface area contributed by atoms with Gasteiger partial charge in [0.25, 0.3) is 0 Å². The normalized spacial score (nSPS) is 17.1. The van der Waals surface area contributed by atoms with Crippen molar-refractivity contribution in [2.24, 2.45) is 0 Å². The first-order chi connectivity index (χ1) is 20.4. The molecule has 3 heteroatoms. The molecule has 0 nitrogen and oxygen atoms in total. The van der Waals surface area contributed by atoms with Gasteiger partial charge in [-0.2, -0.15) is 0 Å². The Morgan fingerprint density at radius 3 is 1.45 bits per heavy atom. The molecular formula is C39H36FeP2+2. The van der Waals surface area contributed by atoms with Crippen LogP contribution in [0.3, 0.4) is 0 Å². The quantitative estimate of drug-likeness (QED) is 0.0847. The maximum absolute atomic E-state index is 2.44. The molecule has 0 bridgehead atoms. The summed E-state index contributed by atoms with van der Waals surface area (Å²) in [7, 11) is -1.26. The molecule has 2 aliphatic rings. The summed E-state index contributed by atoms with van der Waals surface area (Å²) in [4.78, 5) is 0. The van der Waals surface area contributed by atoms with Crippen molar-refractivity contribution in [1.82, 2.24) is 0 Å².